The summed E-state index contributed by atoms with van der Waals surface area (Å²) in [6.45, 7) is 13.0. The minimum atomic E-state index is 0.604. The third-order valence-electron chi connectivity index (χ3n) is 3.20. The highest BCUT2D eigenvalue weighted by Gasteiger charge is 2.03. The molecule has 134 valence electrons. The lowest BCUT2D eigenvalue weighted by atomic mass is 10.2. The fourth-order valence-electron chi connectivity index (χ4n) is 1.99. The maximum Gasteiger partial charge on any atom is 0.0726 e. The summed E-state index contributed by atoms with van der Waals surface area (Å²) in [6.07, 6.45) is 2.61. The highest BCUT2D eigenvalue weighted by Crippen LogP contribution is 1.98. The molecule has 0 aromatic carbocycles. The van der Waals surface area contributed by atoms with Crippen LogP contribution in [0.1, 0.15) is 26.5 Å². The van der Waals surface area contributed by atoms with Gasteiger partial charge in [0.15, 0.2) is 0 Å². The summed E-state index contributed by atoms with van der Waals surface area (Å²) in [5.41, 5.74) is 1.08. The van der Waals surface area contributed by atoms with Gasteiger partial charge in [0.1, 0.15) is 0 Å². The van der Waals surface area contributed by atoms with Crippen LogP contribution in [0.2, 0.25) is 0 Å². The Hall–Kier alpha value is -1.02. The number of aromatic nitrogens is 3. The van der Waals surface area contributed by atoms with Gasteiger partial charge in [-0.15, -0.1) is 5.10 Å². The first kappa shape index (κ1) is 20.0. The molecule has 1 heterocycles. The minimum absolute atomic E-state index is 0.604. The maximum absolute atomic E-state index is 5.57. The average molecular weight is 328 g/mol. The molecule has 0 atom stereocenters. The third kappa shape index (κ3) is 10.4. The smallest absolute Gasteiger partial charge is 0.0726 e. The number of rotatable bonds is 15. The quantitative estimate of drug-likeness (QED) is 0.487. The second-order valence-electron chi connectivity index (χ2n) is 5.72. The first-order valence-electron chi connectivity index (χ1n) is 8.55. The highest BCUT2D eigenvalue weighted by molar-refractivity contribution is 4.93. The van der Waals surface area contributed by atoms with Crippen LogP contribution in [-0.4, -0.2) is 67.7 Å². The monoisotopic (exact) mass is 328 g/mol. The van der Waals surface area contributed by atoms with Gasteiger partial charge < -0.3 is 19.5 Å². The van der Waals surface area contributed by atoms with Gasteiger partial charge in [0.05, 0.1) is 51.5 Å². The van der Waals surface area contributed by atoms with E-state index in [0.29, 0.717) is 38.9 Å². The van der Waals surface area contributed by atoms with Gasteiger partial charge in [0.25, 0.3) is 0 Å². The number of nitrogens with one attached hydrogen (secondary N) is 1. The van der Waals surface area contributed by atoms with E-state index in [1.54, 1.807) is 6.20 Å². The largest absolute Gasteiger partial charge is 0.381 e. The van der Waals surface area contributed by atoms with Crippen molar-refractivity contribution in [2.24, 2.45) is 5.92 Å². The van der Waals surface area contributed by atoms with Gasteiger partial charge in [-0.2, -0.15) is 0 Å². The molecule has 0 aliphatic rings. The predicted octanol–water partition coefficient (Wildman–Crippen LogP) is 1.14. The lowest BCUT2D eigenvalue weighted by Gasteiger charge is -2.09. The van der Waals surface area contributed by atoms with E-state index in [-0.39, 0.29) is 0 Å². The molecule has 7 heteroatoms. The van der Waals surface area contributed by atoms with Crippen molar-refractivity contribution in [2.45, 2.75) is 33.7 Å². The van der Waals surface area contributed by atoms with Crippen molar-refractivity contribution in [3.05, 3.63) is 11.9 Å². The van der Waals surface area contributed by atoms with Crippen LogP contribution in [-0.2, 0) is 27.2 Å². The van der Waals surface area contributed by atoms with Crippen molar-refractivity contribution >= 4 is 0 Å². The van der Waals surface area contributed by atoms with Crippen molar-refractivity contribution < 1.29 is 14.2 Å². The summed E-state index contributed by atoms with van der Waals surface area (Å²) in [7, 11) is 0. The third-order valence-corrected chi connectivity index (χ3v) is 3.20. The topological polar surface area (TPSA) is 70.4 Å². The van der Waals surface area contributed by atoms with E-state index in [1.165, 1.54) is 0 Å². The summed E-state index contributed by atoms with van der Waals surface area (Å²) < 4.78 is 18.3. The Morgan fingerprint density at radius 1 is 1.09 bits per heavy atom. The van der Waals surface area contributed by atoms with E-state index in [9.17, 15) is 0 Å². The van der Waals surface area contributed by atoms with Gasteiger partial charge in [-0.05, 0) is 19.4 Å². The van der Waals surface area contributed by atoms with Crippen LogP contribution < -0.4 is 5.32 Å². The Morgan fingerprint density at radius 3 is 2.61 bits per heavy atom. The van der Waals surface area contributed by atoms with Crippen molar-refractivity contribution in [1.29, 1.82) is 0 Å². The normalized spacial score (nSPS) is 11.5. The molecule has 1 aromatic rings. The van der Waals surface area contributed by atoms with Crippen molar-refractivity contribution in [3.63, 3.8) is 0 Å². The molecular weight excluding hydrogens is 296 g/mol. The minimum Gasteiger partial charge on any atom is -0.381 e. The van der Waals surface area contributed by atoms with E-state index in [2.05, 4.69) is 29.5 Å². The van der Waals surface area contributed by atoms with E-state index in [4.69, 9.17) is 14.2 Å². The molecule has 1 N–H and O–H groups in total. The lowest BCUT2D eigenvalue weighted by molar-refractivity contribution is 0.0444. The summed E-state index contributed by atoms with van der Waals surface area (Å²) in [5.74, 6) is 0.675. The molecule has 1 rings (SSSR count). The van der Waals surface area contributed by atoms with Crippen LogP contribution in [0.5, 0.6) is 0 Å². The summed E-state index contributed by atoms with van der Waals surface area (Å²) in [5, 5.41) is 11.3. The molecule has 0 unspecified atom stereocenters. The Kier molecular flexibility index (Phi) is 11.7. The fraction of sp³-hybridized carbons (Fsp3) is 0.875. The zero-order valence-corrected chi connectivity index (χ0v) is 14.8. The SMILES string of the molecule is CCOCCc1cnnn1CCOCCOCCNCC(C)C. The second-order valence-corrected chi connectivity index (χ2v) is 5.72. The molecular formula is C16H32N4O3. The first-order chi connectivity index (χ1) is 11.2. The van der Waals surface area contributed by atoms with Crippen molar-refractivity contribution in [2.75, 3.05) is 52.7 Å². The number of ether oxygens (including phenoxy) is 3. The molecule has 0 amide bonds. The van der Waals surface area contributed by atoms with Crippen LogP contribution in [0.4, 0.5) is 0 Å². The summed E-state index contributed by atoms with van der Waals surface area (Å²) >= 11 is 0. The first-order valence-corrected chi connectivity index (χ1v) is 8.55. The van der Waals surface area contributed by atoms with E-state index in [0.717, 1.165) is 38.4 Å². The zero-order valence-electron chi connectivity index (χ0n) is 14.8. The maximum atomic E-state index is 5.57. The second kappa shape index (κ2) is 13.4. The molecule has 0 fully saturated rings. The molecule has 0 saturated heterocycles. The van der Waals surface area contributed by atoms with Crippen LogP contribution >= 0.6 is 0 Å². The Morgan fingerprint density at radius 2 is 1.87 bits per heavy atom. The van der Waals surface area contributed by atoms with E-state index >= 15 is 0 Å². The highest BCUT2D eigenvalue weighted by atomic mass is 16.5. The molecule has 0 bridgehead atoms. The molecule has 0 aliphatic carbocycles. The van der Waals surface area contributed by atoms with Gasteiger partial charge in [0, 0.05) is 19.6 Å². The zero-order chi connectivity index (χ0) is 16.8. The summed E-state index contributed by atoms with van der Waals surface area (Å²) in [6, 6.07) is 0. The van der Waals surface area contributed by atoms with Crippen LogP contribution in [0.25, 0.3) is 0 Å². The summed E-state index contributed by atoms with van der Waals surface area (Å²) in [4.78, 5) is 0. The van der Waals surface area contributed by atoms with Crippen LogP contribution in [0.15, 0.2) is 6.20 Å². The molecule has 0 spiro atoms. The number of nitrogens with zero attached hydrogens (tertiary/aromatic N) is 3. The van der Waals surface area contributed by atoms with Gasteiger partial charge in [-0.1, -0.05) is 19.1 Å². The number of hydrogen-bond acceptors (Lipinski definition) is 6. The Labute approximate surface area is 139 Å². The standard InChI is InChI=1S/C16H32N4O3/c1-4-21-8-5-16-14-18-19-20(16)7-10-23-12-11-22-9-6-17-13-15(2)3/h14-15,17H,4-13H2,1-3H3. The van der Waals surface area contributed by atoms with Crippen molar-refractivity contribution in [3.8, 4) is 0 Å². The molecule has 0 radical (unpaired) electrons. The molecule has 0 saturated carbocycles. The fourth-order valence-corrected chi connectivity index (χ4v) is 1.99. The number of hydrogen-bond donors (Lipinski definition) is 1. The average Bonchev–Trinajstić information content (AvgIpc) is 2.96. The molecule has 0 aliphatic heterocycles. The van der Waals surface area contributed by atoms with Crippen LogP contribution in [0, 0.1) is 5.92 Å². The lowest BCUT2D eigenvalue weighted by Crippen LogP contribution is -2.24. The van der Waals surface area contributed by atoms with Gasteiger partial charge in [-0.3, -0.25) is 0 Å². The van der Waals surface area contributed by atoms with Gasteiger partial charge in [-0.25, -0.2) is 4.68 Å². The molecule has 23 heavy (non-hydrogen) atoms. The molecule has 1 aromatic heterocycles. The van der Waals surface area contributed by atoms with E-state index < -0.39 is 0 Å². The predicted molar refractivity (Wildman–Crippen MR) is 89.6 cm³/mol. The molecule has 7 nitrogen and oxygen atoms in total. The van der Waals surface area contributed by atoms with Crippen molar-refractivity contribution in [1.82, 2.24) is 20.3 Å². The Bertz CT molecular complexity index is 385. The van der Waals surface area contributed by atoms with E-state index in [1.807, 2.05) is 11.6 Å². The van der Waals surface area contributed by atoms with Gasteiger partial charge >= 0.3 is 0 Å². The van der Waals surface area contributed by atoms with Gasteiger partial charge in [0.2, 0.25) is 0 Å². The van der Waals surface area contributed by atoms with Crippen LogP contribution in [0.3, 0.4) is 0 Å². The Balaban J connectivity index is 1.96.